The first-order valence-corrected chi connectivity index (χ1v) is 9.83. The third-order valence-electron chi connectivity index (χ3n) is 3.61. The summed E-state index contributed by atoms with van der Waals surface area (Å²) in [6.45, 7) is 0. The van der Waals surface area contributed by atoms with Crippen LogP contribution in [0.2, 0.25) is 0 Å². The molecule has 0 saturated heterocycles. The number of hydrogen-bond acceptors (Lipinski definition) is 7. The van der Waals surface area contributed by atoms with Gasteiger partial charge in [0.25, 0.3) is 10.0 Å². The van der Waals surface area contributed by atoms with Crippen molar-refractivity contribution in [1.29, 1.82) is 0 Å². The average molecular weight is 416 g/mol. The van der Waals surface area contributed by atoms with Crippen molar-refractivity contribution in [2.75, 3.05) is 24.3 Å². The molecule has 0 aliphatic heterocycles. The van der Waals surface area contributed by atoms with Crippen LogP contribution in [0.4, 0.5) is 11.4 Å². The number of nitrogens with one attached hydrogen (secondary N) is 2. The zero-order valence-corrected chi connectivity index (χ0v) is 16.6. The molecule has 9 heteroatoms. The van der Waals surface area contributed by atoms with Gasteiger partial charge in [0.15, 0.2) is 0 Å². The number of carbonyl (C=O) groups excluding carboxylic acids is 2. The van der Waals surface area contributed by atoms with E-state index in [4.69, 9.17) is 0 Å². The zero-order chi connectivity index (χ0) is 21.3. The number of ether oxygens (including phenoxy) is 2. The molecule has 0 bridgehead atoms. The molecule has 0 aliphatic rings. The SMILES string of the molecule is COC(=O)/C=C/C(=C/Nc1ccc(S(=O)(=O)Nc2ccccc2)cc1)C(=O)OC. The Morgan fingerprint density at radius 1 is 0.862 bits per heavy atom. The Morgan fingerprint density at radius 3 is 2.10 bits per heavy atom. The molecule has 0 saturated carbocycles. The zero-order valence-electron chi connectivity index (χ0n) is 15.8. The van der Waals surface area contributed by atoms with Crippen molar-refractivity contribution in [3.05, 3.63) is 78.5 Å². The second-order valence-electron chi connectivity index (χ2n) is 5.59. The maximum Gasteiger partial charge on any atom is 0.339 e. The molecule has 2 N–H and O–H groups in total. The van der Waals surface area contributed by atoms with Crippen LogP contribution in [-0.2, 0) is 29.1 Å². The Hall–Kier alpha value is -3.59. The minimum atomic E-state index is -3.73. The van der Waals surface area contributed by atoms with E-state index in [0.29, 0.717) is 11.4 Å². The minimum absolute atomic E-state index is 0.0698. The molecule has 152 valence electrons. The number of methoxy groups -OCH3 is 2. The van der Waals surface area contributed by atoms with Crippen LogP contribution >= 0.6 is 0 Å². The first kappa shape index (κ1) is 21.7. The molecular formula is C20H20N2O6S. The third-order valence-corrected chi connectivity index (χ3v) is 5.00. The number of anilines is 2. The van der Waals surface area contributed by atoms with Gasteiger partial charge in [-0.3, -0.25) is 4.72 Å². The van der Waals surface area contributed by atoms with Crippen LogP contribution in [0.1, 0.15) is 0 Å². The van der Waals surface area contributed by atoms with E-state index in [1.165, 1.54) is 50.8 Å². The number of benzene rings is 2. The number of sulfonamides is 1. The molecule has 2 aromatic rings. The number of rotatable bonds is 8. The number of esters is 2. The van der Waals surface area contributed by atoms with Crippen molar-refractivity contribution >= 4 is 33.3 Å². The molecule has 0 heterocycles. The van der Waals surface area contributed by atoms with E-state index in [2.05, 4.69) is 19.5 Å². The number of hydrogen-bond donors (Lipinski definition) is 2. The molecule has 8 nitrogen and oxygen atoms in total. The molecule has 0 aromatic heterocycles. The van der Waals surface area contributed by atoms with Crippen LogP contribution in [0.3, 0.4) is 0 Å². The van der Waals surface area contributed by atoms with Crippen LogP contribution < -0.4 is 10.0 Å². The summed E-state index contributed by atoms with van der Waals surface area (Å²) in [5, 5.41) is 2.85. The fourth-order valence-electron chi connectivity index (χ4n) is 2.13. The summed E-state index contributed by atoms with van der Waals surface area (Å²) in [5.74, 6) is -1.29. The van der Waals surface area contributed by atoms with Gasteiger partial charge in [0.05, 0.1) is 24.7 Å². The Morgan fingerprint density at radius 2 is 1.52 bits per heavy atom. The summed E-state index contributed by atoms with van der Waals surface area (Å²) < 4.78 is 36.5. The molecule has 0 spiro atoms. The fraction of sp³-hybridized carbons (Fsp3) is 0.100. The molecule has 0 fully saturated rings. The maximum absolute atomic E-state index is 12.4. The highest BCUT2D eigenvalue weighted by Gasteiger charge is 2.14. The second-order valence-corrected chi connectivity index (χ2v) is 7.27. The predicted octanol–water partition coefficient (Wildman–Crippen LogP) is 2.69. The van der Waals surface area contributed by atoms with E-state index in [1.54, 1.807) is 30.3 Å². The average Bonchev–Trinajstić information content (AvgIpc) is 2.73. The van der Waals surface area contributed by atoms with Crippen molar-refractivity contribution < 1.29 is 27.5 Å². The monoisotopic (exact) mass is 416 g/mol. The first-order valence-electron chi connectivity index (χ1n) is 8.34. The first-order chi connectivity index (χ1) is 13.9. The highest BCUT2D eigenvalue weighted by atomic mass is 32.2. The predicted molar refractivity (Wildman–Crippen MR) is 109 cm³/mol. The van der Waals surface area contributed by atoms with Gasteiger partial charge < -0.3 is 14.8 Å². The summed E-state index contributed by atoms with van der Waals surface area (Å²) in [7, 11) is -1.30. The highest BCUT2D eigenvalue weighted by Crippen LogP contribution is 2.18. The molecule has 0 radical (unpaired) electrons. The van der Waals surface area contributed by atoms with Crippen LogP contribution in [0.5, 0.6) is 0 Å². The van der Waals surface area contributed by atoms with Gasteiger partial charge in [0, 0.05) is 23.7 Å². The largest absolute Gasteiger partial charge is 0.466 e. The Kier molecular flexibility index (Phi) is 7.55. The van der Waals surface area contributed by atoms with E-state index < -0.39 is 22.0 Å². The van der Waals surface area contributed by atoms with Gasteiger partial charge in [-0.25, -0.2) is 18.0 Å². The molecule has 2 aromatic carbocycles. The summed E-state index contributed by atoms with van der Waals surface area (Å²) in [6.07, 6.45) is 3.65. The van der Waals surface area contributed by atoms with Crippen molar-refractivity contribution in [2.45, 2.75) is 4.90 Å². The van der Waals surface area contributed by atoms with Gasteiger partial charge in [0.2, 0.25) is 0 Å². The van der Waals surface area contributed by atoms with E-state index in [1.807, 2.05) is 0 Å². The molecule has 0 unspecified atom stereocenters. The van der Waals surface area contributed by atoms with Crippen molar-refractivity contribution in [1.82, 2.24) is 0 Å². The van der Waals surface area contributed by atoms with Gasteiger partial charge >= 0.3 is 11.9 Å². The quantitative estimate of drug-likeness (QED) is 0.387. The second kappa shape index (κ2) is 10.1. The van der Waals surface area contributed by atoms with Crippen molar-refractivity contribution in [2.24, 2.45) is 0 Å². The minimum Gasteiger partial charge on any atom is -0.466 e. The van der Waals surface area contributed by atoms with Gasteiger partial charge in [-0.05, 0) is 42.5 Å². The highest BCUT2D eigenvalue weighted by molar-refractivity contribution is 7.92. The van der Waals surface area contributed by atoms with E-state index in [-0.39, 0.29) is 10.5 Å². The Bertz CT molecular complexity index is 1010. The molecule has 0 amide bonds. The smallest absolute Gasteiger partial charge is 0.339 e. The van der Waals surface area contributed by atoms with Crippen LogP contribution in [0.25, 0.3) is 0 Å². The summed E-state index contributed by atoms with van der Waals surface area (Å²) >= 11 is 0. The lowest BCUT2D eigenvalue weighted by Gasteiger charge is -2.09. The van der Waals surface area contributed by atoms with Gasteiger partial charge in [-0.2, -0.15) is 0 Å². The van der Waals surface area contributed by atoms with Crippen molar-refractivity contribution in [3.63, 3.8) is 0 Å². The van der Waals surface area contributed by atoms with E-state index in [9.17, 15) is 18.0 Å². The van der Waals surface area contributed by atoms with E-state index in [0.717, 1.165) is 6.08 Å². The topological polar surface area (TPSA) is 111 Å². The molecule has 0 atom stereocenters. The molecule has 0 aliphatic carbocycles. The van der Waals surface area contributed by atoms with Crippen LogP contribution in [0, 0.1) is 0 Å². The standard InChI is InChI=1S/C20H20N2O6S/c1-27-19(23)13-8-15(20(24)28-2)14-21-16-9-11-18(12-10-16)29(25,26)22-17-6-4-3-5-7-17/h3-14,21-22H,1-2H3/b13-8+,15-14-. The van der Waals surface area contributed by atoms with Gasteiger partial charge in [-0.15, -0.1) is 0 Å². The van der Waals surface area contributed by atoms with E-state index >= 15 is 0 Å². The lowest BCUT2D eigenvalue weighted by atomic mass is 10.2. The normalized spacial score (nSPS) is 11.7. The summed E-state index contributed by atoms with van der Waals surface area (Å²) in [6, 6.07) is 14.4. The van der Waals surface area contributed by atoms with Crippen molar-refractivity contribution in [3.8, 4) is 0 Å². The molecule has 2 rings (SSSR count). The molecular weight excluding hydrogens is 396 g/mol. The summed E-state index contributed by atoms with van der Waals surface area (Å²) in [4.78, 5) is 23.0. The van der Waals surface area contributed by atoms with Crippen LogP contribution in [0.15, 0.2) is 83.4 Å². The number of carbonyl (C=O) groups is 2. The number of para-hydroxylation sites is 1. The Balaban J connectivity index is 2.14. The lowest BCUT2D eigenvalue weighted by Crippen LogP contribution is -2.12. The van der Waals surface area contributed by atoms with Gasteiger partial charge in [0.1, 0.15) is 0 Å². The Labute approximate surface area is 168 Å². The third kappa shape index (κ3) is 6.51. The summed E-state index contributed by atoms with van der Waals surface area (Å²) in [5.41, 5.74) is 1.05. The lowest BCUT2D eigenvalue weighted by molar-refractivity contribution is -0.135. The van der Waals surface area contributed by atoms with Crippen LogP contribution in [-0.4, -0.2) is 34.6 Å². The molecule has 29 heavy (non-hydrogen) atoms. The fourth-order valence-corrected chi connectivity index (χ4v) is 3.19. The maximum atomic E-state index is 12.4. The van der Waals surface area contributed by atoms with Gasteiger partial charge in [-0.1, -0.05) is 18.2 Å².